The smallest absolute Gasteiger partial charge is 0.161 e. The zero-order valence-electron chi connectivity index (χ0n) is 16.0. The highest BCUT2D eigenvalue weighted by Crippen LogP contribution is 2.34. The van der Waals surface area contributed by atoms with Crippen LogP contribution in [0.4, 0.5) is 4.39 Å². The Morgan fingerprint density at radius 2 is 1.58 bits per heavy atom. The van der Waals surface area contributed by atoms with Crippen LogP contribution in [0.25, 0.3) is 55.8 Å². The molecule has 1 aromatic carbocycles. The number of rotatable bonds is 3. The molecule has 0 aliphatic rings. The van der Waals surface area contributed by atoms with Crippen LogP contribution in [0.15, 0.2) is 73.4 Å². The molecule has 5 aromatic heterocycles. The van der Waals surface area contributed by atoms with Gasteiger partial charge in [-0.25, -0.2) is 9.37 Å². The predicted molar refractivity (Wildman–Crippen MR) is 115 cm³/mol. The van der Waals surface area contributed by atoms with E-state index in [1.165, 1.54) is 0 Å². The largest absolute Gasteiger partial charge is 0.337 e. The summed E-state index contributed by atoms with van der Waals surface area (Å²) in [5, 5.41) is 7.52. The normalized spacial score (nSPS) is 11.4. The summed E-state index contributed by atoms with van der Waals surface area (Å²) in [6, 6.07) is 13.2. The van der Waals surface area contributed by atoms with E-state index in [2.05, 4.69) is 30.1 Å². The van der Waals surface area contributed by atoms with Crippen molar-refractivity contribution in [2.24, 2.45) is 0 Å². The molecule has 0 saturated carbocycles. The molecule has 7 nitrogen and oxygen atoms in total. The van der Waals surface area contributed by atoms with Gasteiger partial charge in [0, 0.05) is 41.5 Å². The lowest BCUT2D eigenvalue weighted by atomic mass is 10.1. The van der Waals surface area contributed by atoms with Crippen molar-refractivity contribution in [3.63, 3.8) is 0 Å². The van der Waals surface area contributed by atoms with Gasteiger partial charge in [0.1, 0.15) is 11.4 Å². The zero-order chi connectivity index (χ0) is 20.8. The zero-order valence-corrected chi connectivity index (χ0v) is 16.0. The summed E-state index contributed by atoms with van der Waals surface area (Å²) in [5.41, 5.74) is 5.19. The number of aromatic nitrogens is 7. The first-order chi connectivity index (χ1) is 15.3. The van der Waals surface area contributed by atoms with E-state index < -0.39 is 5.82 Å². The molecule has 0 atom stereocenters. The lowest BCUT2D eigenvalue weighted by Gasteiger charge is -2.03. The minimum atomic E-state index is -0.470. The van der Waals surface area contributed by atoms with Crippen LogP contribution in [-0.4, -0.2) is 35.1 Å². The van der Waals surface area contributed by atoms with Crippen molar-refractivity contribution in [2.75, 3.05) is 0 Å². The van der Waals surface area contributed by atoms with E-state index in [0.717, 1.165) is 22.2 Å². The average molecular weight is 407 g/mol. The molecule has 0 aliphatic carbocycles. The Kier molecular flexibility index (Phi) is 3.82. The number of pyridine rings is 3. The maximum atomic E-state index is 15.5. The molecular weight excluding hydrogens is 393 g/mol. The van der Waals surface area contributed by atoms with Gasteiger partial charge >= 0.3 is 0 Å². The highest BCUT2D eigenvalue weighted by molar-refractivity contribution is 5.98. The summed E-state index contributed by atoms with van der Waals surface area (Å²) in [6.07, 6.45) is 8.31. The Morgan fingerprint density at radius 3 is 2.35 bits per heavy atom. The van der Waals surface area contributed by atoms with Crippen LogP contribution >= 0.6 is 0 Å². The van der Waals surface area contributed by atoms with E-state index in [1.807, 2.05) is 30.3 Å². The van der Waals surface area contributed by atoms with Crippen molar-refractivity contribution in [1.82, 2.24) is 35.1 Å². The molecule has 148 valence electrons. The fourth-order valence-electron chi connectivity index (χ4n) is 3.75. The Bertz CT molecular complexity index is 1540. The number of fused-ring (bicyclic) bond motifs is 2. The van der Waals surface area contributed by atoms with Crippen molar-refractivity contribution in [1.29, 1.82) is 0 Å². The summed E-state index contributed by atoms with van der Waals surface area (Å²) in [6.45, 7) is 0. The average Bonchev–Trinajstić information content (AvgIpc) is 3.45. The van der Waals surface area contributed by atoms with Gasteiger partial charge in [-0.1, -0.05) is 18.2 Å². The number of halogens is 1. The van der Waals surface area contributed by atoms with Gasteiger partial charge in [-0.05, 0) is 24.3 Å². The lowest BCUT2D eigenvalue weighted by molar-refractivity contribution is 0.638. The third kappa shape index (κ3) is 2.77. The minimum absolute atomic E-state index is 0.218. The number of hydrogen-bond acceptors (Lipinski definition) is 5. The fourth-order valence-corrected chi connectivity index (χ4v) is 3.75. The van der Waals surface area contributed by atoms with E-state index in [4.69, 9.17) is 4.98 Å². The number of benzene rings is 1. The summed E-state index contributed by atoms with van der Waals surface area (Å²) < 4.78 is 15.5. The highest BCUT2D eigenvalue weighted by atomic mass is 19.1. The Morgan fingerprint density at radius 1 is 0.774 bits per heavy atom. The lowest BCUT2D eigenvalue weighted by Crippen LogP contribution is -1.92. The molecule has 0 aliphatic heterocycles. The molecular formula is C23H14FN7. The summed E-state index contributed by atoms with van der Waals surface area (Å²) in [5.74, 6) is 0.00187. The van der Waals surface area contributed by atoms with Crippen molar-refractivity contribution >= 4 is 21.9 Å². The molecule has 0 fully saturated rings. The fraction of sp³-hybridized carbons (Fsp3) is 0. The second-order valence-corrected chi connectivity index (χ2v) is 7.05. The van der Waals surface area contributed by atoms with Gasteiger partial charge in [0.25, 0.3) is 0 Å². The first-order valence-electron chi connectivity index (χ1n) is 9.62. The van der Waals surface area contributed by atoms with Gasteiger partial charge in [0.05, 0.1) is 28.1 Å². The van der Waals surface area contributed by atoms with Gasteiger partial charge < -0.3 is 4.98 Å². The molecule has 8 heteroatoms. The van der Waals surface area contributed by atoms with Crippen LogP contribution in [0.5, 0.6) is 0 Å². The van der Waals surface area contributed by atoms with Crippen LogP contribution in [0.1, 0.15) is 0 Å². The number of hydrogen-bond donors (Lipinski definition) is 2. The number of para-hydroxylation sites is 1. The monoisotopic (exact) mass is 407 g/mol. The van der Waals surface area contributed by atoms with Crippen LogP contribution < -0.4 is 0 Å². The molecule has 6 aromatic rings. The van der Waals surface area contributed by atoms with E-state index >= 15 is 4.39 Å². The van der Waals surface area contributed by atoms with Gasteiger partial charge in [-0.15, -0.1) is 0 Å². The molecule has 0 saturated heterocycles. The van der Waals surface area contributed by atoms with Gasteiger partial charge in [-0.3, -0.25) is 20.1 Å². The predicted octanol–water partition coefficient (Wildman–Crippen LogP) is 4.76. The molecule has 0 amide bonds. The van der Waals surface area contributed by atoms with Crippen molar-refractivity contribution in [3.05, 3.63) is 79.3 Å². The SMILES string of the molecule is Fc1c(-c2cccnc2)ncc2[nH]nc(-c3nc4c(-c5cccnc5)cccc4[nH]3)c12. The first-order valence-corrected chi connectivity index (χ1v) is 9.62. The number of H-pyrrole nitrogens is 2. The van der Waals surface area contributed by atoms with Gasteiger partial charge in [-0.2, -0.15) is 5.10 Å². The van der Waals surface area contributed by atoms with Crippen LogP contribution in [0, 0.1) is 5.82 Å². The Hall–Kier alpha value is -4.46. The number of nitrogens with one attached hydrogen (secondary N) is 2. The molecule has 31 heavy (non-hydrogen) atoms. The maximum Gasteiger partial charge on any atom is 0.161 e. The molecule has 0 radical (unpaired) electrons. The topological polar surface area (TPSA) is 96.0 Å². The summed E-state index contributed by atoms with van der Waals surface area (Å²) in [4.78, 5) is 20.6. The Labute approximate surface area is 175 Å². The maximum absolute atomic E-state index is 15.5. The molecule has 2 N–H and O–H groups in total. The standard InChI is InChI=1S/C23H14FN7/c24-19-18-17(12-27-20(19)14-5-3-9-26-11-14)30-31-22(18)23-28-16-7-1-6-15(21(16)29-23)13-4-2-8-25-10-13/h1-12H,(H,28,29)(H,30,31). The van der Waals surface area contributed by atoms with Crippen molar-refractivity contribution in [2.45, 2.75) is 0 Å². The highest BCUT2D eigenvalue weighted by Gasteiger charge is 2.21. The number of nitrogens with zero attached hydrogens (tertiary/aromatic N) is 5. The number of aromatic amines is 2. The van der Waals surface area contributed by atoms with E-state index in [9.17, 15) is 0 Å². The van der Waals surface area contributed by atoms with E-state index in [1.54, 1.807) is 43.1 Å². The quantitative estimate of drug-likeness (QED) is 0.441. The molecule has 0 spiro atoms. The molecule has 0 bridgehead atoms. The van der Waals surface area contributed by atoms with Crippen molar-refractivity contribution < 1.29 is 4.39 Å². The minimum Gasteiger partial charge on any atom is -0.337 e. The number of imidazole rings is 1. The van der Waals surface area contributed by atoms with Crippen LogP contribution in [0.3, 0.4) is 0 Å². The summed E-state index contributed by atoms with van der Waals surface area (Å²) >= 11 is 0. The van der Waals surface area contributed by atoms with E-state index in [0.29, 0.717) is 28.0 Å². The first kappa shape index (κ1) is 17.4. The second kappa shape index (κ2) is 6.81. The second-order valence-electron chi connectivity index (χ2n) is 7.05. The van der Waals surface area contributed by atoms with Crippen molar-refractivity contribution in [3.8, 4) is 33.9 Å². The summed E-state index contributed by atoms with van der Waals surface area (Å²) in [7, 11) is 0. The van der Waals surface area contributed by atoms with Gasteiger partial charge in [0.15, 0.2) is 11.6 Å². The molecule has 0 unspecified atom stereocenters. The van der Waals surface area contributed by atoms with Crippen LogP contribution in [0.2, 0.25) is 0 Å². The third-order valence-corrected chi connectivity index (χ3v) is 5.19. The molecule has 5 heterocycles. The third-order valence-electron chi connectivity index (χ3n) is 5.19. The Balaban J connectivity index is 1.56. The molecule has 6 rings (SSSR count). The van der Waals surface area contributed by atoms with E-state index in [-0.39, 0.29) is 5.69 Å². The van der Waals surface area contributed by atoms with Gasteiger partial charge in [0.2, 0.25) is 0 Å². The van der Waals surface area contributed by atoms with Crippen LogP contribution in [-0.2, 0) is 0 Å².